The van der Waals surface area contributed by atoms with Crippen LogP contribution in [0.4, 0.5) is 5.69 Å². The molecule has 2 amide bonds. The van der Waals surface area contributed by atoms with Gasteiger partial charge in [0.15, 0.2) is 0 Å². The van der Waals surface area contributed by atoms with E-state index in [1.54, 1.807) is 4.90 Å². The second kappa shape index (κ2) is 6.49. The van der Waals surface area contributed by atoms with Crippen molar-refractivity contribution in [1.82, 2.24) is 10.2 Å². The maximum Gasteiger partial charge on any atom is 0.246 e. The molecule has 0 spiro atoms. The van der Waals surface area contributed by atoms with Gasteiger partial charge in [0.25, 0.3) is 0 Å². The number of hydrogen-bond acceptors (Lipinski definition) is 4. The van der Waals surface area contributed by atoms with Crippen LogP contribution in [0.25, 0.3) is 0 Å². The molecule has 1 heterocycles. The minimum Gasteiger partial charge on any atom is -0.346 e. The lowest BCUT2D eigenvalue weighted by Gasteiger charge is -2.22. The summed E-state index contributed by atoms with van der Waals surface area (Å²) >= 11 is 0. The first-order valence-corrected chi connectivity index (χ1v) is 6.65. The number of amides is 2. The van der Waals surface area contributed by atoms with Gasteiger partial charge in [-0.1, -0.05) is 18.2 Å². The van der Waals surface area contributed by atoms with E-state index in [9.17, 15) is 9.59 Å². The number of hydrogen-bond donors (Lipinski definition) is 2. The molecule has 0 radical (unpaired) electrons. The van der Waals surface area contributed by atoms with Crippen molar-refractivity contribution < 1.29 is 9.59 Å². The third kappa shape index (κ3) is 3.34. The maximum absolute atomic E-state index is 12.3. The van der Waals surface area contributed by atoms with Gasteiger partial charge in [0.05, 0.1) is 13.1 Å². The van der Waals surface area contributed by atoms with Crippen molar-refractivity contribution in [1.29, 1.82) is 0 Å². The van der Waals surface area contributed by atoms with E-state index in [1.165, 1.54) is 0 Å². The molecule has 0 unspecified atom stereocenters. The van der Waals surface area contributed by atoms with Gasteiger partial charge >= 0.3 is 0 Å². The predicted molar refractivity (Wildman–Crippen MR) is 77.2 cm³/mol. The molecule has 20 heavy (non-hydrogen) atoms. The molecular formula is C14H20N4O2. The van der Waals surface area contributed by atoms with Gasteiger partial charge in [-0.15, -0.1) is 0 Å². The number of rotatable bonds is 3. The van der Waals surface area contributed by atoms with Crippen molar-refractivity contribution in [2.75, 3.05) is 38.1 Å². The minimum absolute atomic E-state index is 0.0198. The topological polar surface area (TPSA) is 78.7 Å². The third-order valence-corrected chi connectivity index (χ3v) is 3.35. The first-order chi connectivity index (χ1) is 9.61. The standard InChI is InChI=1S/C14H20N4O2/c1-17-6-7-18(14(20)9-16-13(19)8-15)12-5-3-2-4-11(12)10-17/h2-5H,6-10,15H2,1H3,(H,16,19). The Morgan fingerprint density at radius 1 is 1.30 bits per heavy atom. The number of likely N-dealkylation sites (N-methyl/N-ethyl adjacent to an activating group) is 1. The van der Waals surface area contributed by atoms with Gasteiger partial charge in [-0.25, -0.2) is 0 Å². The molecule has 1 aromatic rings. The van der Waals surface area contributed by atoms with Crippen LogP contribution in [0.5, 0.6) is 0 Å². The molecule has 1 aliphatic rings. The Labute approximate surface area is 118 Å². The van der Waals surface area contributed by atoms with E-state index in [0.717, 1.165) is 24.3 Å². The highest BCUT2D eigenvalue weighted by atomic mass is 16.2. The van der Waals surface area contributed by atoms with E-state index in [-0.39, 0.29) is 24.9 Å². The van der Waals surface area contributed by atoms with Crippen LogP contribution in [-0.4, -0.2) is 49.9 Å². The molecule has 2 rings (SSSR count). The largest absolute Gasteiger partial charge is 0.346 e. The van der Waals surface area contributed by atoms with Crippen LogP contribution >= 0.6 is 0 Å². The fourth-order valence-electron chi connectivity index (χ4n) is 2.27. The lowest BCUT2D eigenvalue weighted by atomic mass is 10.1. The summed E-state index contributed by atoms with van der Waals surface area (Å²) in [7, 11) is 2.03. The van der Waals surface area contributed by atoms with Crippen LogP contribution in [0, 0.1) is 0 Å². The highest BCUT2D eigenvalue weighted by Gasteiger charge is 2.22. The SMILES string of the molecule is CN1CCN(C(=O)CNC(=O)CN)c2ccccc2C1. The summed E-state index contributed by atoms with van der Waals surface area (Å²) in [6.45, 7) is 2.10. The lowest BCUT2D eigenvalue weighted by Crippen LogP contribution is -2.43. The van der Waals surface area contributed by atoms with Crippen LogP contribution in [0.1, 0.15) is 5.56 Å². The molecule has 0 aliphatic carbocycles. The van der Waals surface area contributed by atoms with E-state index in [0.29, 0.717) is 6.54 Å². The number of nitrogens with one attached hydrogen (secondary N) is 1. The normalized spacial score (nSPS) is 15.4. The van der Waals surface area contributed by atoms with Crippen molar-refractivity contribution in [2.45, 2.75) is 6.54 Å². The average Bonchev–Trinajstić information content (AvgIpc) is 2.62. The molecule has 108 valence electrons. The Bertz CT molecular complexity index is 504. The van der Waals surface area contributed by atoms with Crippen LogP contribution in [0.3, 0.4) is 0 Å². The first kappa shape index (κ1) is 14.5. The molecule has 0 saturated heterocycles. The molecule has 0 bridgehead atoms. The average molecular weight is 276 g/mol. The number of anilines is 1. The highest BCUT2D eigenvalue weighted by molar-refractivity contribution is 5.97. The summed E-state index contributed by atoms with van der Waals surface area (Å²) in [6.07, 6.45) is 0. The molecule has 0 saturated carbocycles. The molecular weight excluding hydrogens is 256 g/mol. The van der Waals surface area contributed by atoms with E-state index in [4.69, 9.17) is 5.73 Å². The summed E-state index contributed by atoms with van der Waals surface area (Å²) in [5, 5.41) is 2.52. The number of nitrogens with two attached hydrogens (primary N) is 1. The number of nitrogens with zero attached hydrogens (tertiary/aromatic N) is 2. The molecule has 1 aromatic carbocycles. The molecule has 6 nitrogen and oxygen atoms in total. The van der Waals surface area contributed by atoms with Crippen molar-refractivity contribution in [3.05, 3.63) is 29.8 Å². The van der Waals surface area contributed by atoms with Gasteiger partial charge in [0.1, 0.15) is 0 Å². The Kier molecular flexibility index (Phi) is 4.70. The molecule has 6 heteroatoms. The number of carbonyl (C=O) groups excluding carboxylic acids is 2. The van der Waals surface area contributed by atoms with Crippen LogP contribution in [0.2, 0.25) is 0 Å². The molecule has 0 fully saturated rings. The van der Waals surface area contributed by atoms with E-state index >= 15 is 0 Å². The Balaban J connectivity index is 2.14. The second-order valence-corrected chi connectivity index (χ2v) is 4.89. The molecule has 0 atom stereocenters. The van der Waals surface area contributed by atoms with E-state index in [1.807, 2.05) is 31.3 Å². The Morgan fingerprint density at radius 3 is 2.80 bits per heavy atom. The van der Waals surface area contributed by atoms with Crippen LogP contribution in [0.15, 0.2) is 24.3 Å². The van der Waals surface area contributed by atoms with Gasteiger partial charge in [-0.2, -0.15) is 0 Å². The quantitative estimate of drug-likeness (QED) is 0.783. The summed E-state index contributed by atoms with van der Waals surface area (Å²) in [5.41, 5.74) is 7.25. The maximum atomic E-state index is 12.3. The van der Waals surface area contributed by atoms with Gasteiger partial charge in [0, 0.05) is 25.3 Å². The predicted octanol–water partition coefficient (Wildman–Crippen LogP) is -0.460. The van der Waals surface area contributed by atoms with Gasteiger partial charge < -0.3 is 20.9 Å². The van der Waals surface area contributed by atoms with Gasteiger partial charge in [0.2, 0.25) is 11.8 Å². The molecule has 3 N–H and O–H groups in total. The smallest absolute Gasteiger partial charge is 0.246 e. The monoisotopic (exact) mass is 276 g/mol. The van der Waals surface area contributed by atoms with Crippen molar-refractivity contribution in [2.24, 2.45) is 5.73 Å². The fourth-order valence-corrected chi connectivity index (χ4v) is 2.27. The van der Waals surface area contributed by atoms with Crippen molar-refractivity contribution in [3.63, 3.8) is 0 Å². The Morgan fingerprint density at radius 2 is 2.05 bits per heavy atom. The van der Waals surface area contributed by atoms with Crippen LogP contribution in [-0.2, 0) is 16.1 Å². The number of carbonyl (C=O) groups is 2. The fraction of sp³-hybridized carbons (Fsp3) is 0.429. The summed E-state index contributed by atoms with van der Waals surface area (Å²) in [6, 6.07) is 7.85. The number of fused-ring (bicyclic) bond motifs is 1. The van der Waals surface area contributed by atoms with Crippen molar-refractivity contribution >= 4 is 17.5 Å². The van der Waals surface area contributed by atoms with E-state index < -0.39 is 0 Å². The zero-order chi connectivity index (χ0) is 14.5. The number of benzene rings is 1. The Hall–Kier alpha value is -1.92. The van der Waals surface area contributed by atoms with Gasteiger partial charge in [-0.05, 0) is 18.7 Å². The third-order valence-electron chi connectivity index (χ3n) is 3.35. The summed E-state index contributed by atoms with van der Waals surface area (Å²) < 4.78 is 0. The van der Waals surface area contributed by atoms with E-state index in [2.05, 4.69) is 10.2 Å². The lowest BCUT2D eigenvalue weighted by molar-refractivity contribution is -0.124. The zero-order valence-electron chi connectivity index (χ0n) is 11.6. The first-order valence-electron chi connectivity index (χ1n) is 6.65. The molecule has 0 aromatic heterocycles. The van der Waals surface area contributed by atoms with Crippen molar-refractivity contribution in [3.8, 4) is 0 Å². The van der Waals surface area contributed by atoms with Crippen LogP contribution < -0.4 is 16.0 Å². The summed E-state index contributed by atoms with van der Waals surface area (Å²) in [4.78, 5) is 27.3. The second-order valence-electron chi connectivity index (χ2n) is 4.89. The summed E-state index contributed by atoms with van der Waals surface area (Å²) in [5.74, 6) is -0.437. The zero-order valence-corrected chi connectivity index (χ0v) is 11.6. The minimum atomic E-state index is -0.321. The van der Waals surface area contributed by atoms with Gasteiger partial charge in [-0.3, -0.25) is 9.59 Å². The number of para-hydroxylation sites is 1. The molecule has 1 aliphatic heterocycles. The highest BCUT2D eigenvalue weighted by Crippen LogP contribution is 2.24.